The molecule has 55 heavy (non-hydrogen) atoms. The molecule has 0 bridgehead atoms. The molecule has 14 heteroatoms. The Hall–Kier alpha value is -5.97. The Morgan fingerprint density at radius 3 is 1.87 bits per heavy atom. The van der Waals surface area contributed by atoms with Crippen LogP contribution in [-0.4, -0.2) is 89.7 Å². The van der Waals surface area contributed by atoms with Crippen molar-refractivity contribution in [1.29, 1.82) is 0 Å². The van der Waals surface area contributed by atoms with E-state index in [0.29, 0.717) is 12.2 Å². The van der Waals surface area contributed by atoms with Crippen LogP contribution in [0.15, 0.2) is 60.9 Å². The van der Waals surface area contributed by atoms with Crippen LogP contribution in [-0.2, 0) is 19.1 Å². The molecule has 1 aromatic heterocycles. The Morgan fingerprint density at radius 2 is 1.36 bits per heavy atom. The van der Waals surface area contributed by atoms with Gasteiger partial charge in [-0.1, -0.05) is 82.6 Å². The van der Waals surface area contributed by atoms with Crippen molar-refractivity contribution < 1.29 is 28.7 Å². The SMILES string of the molecule is C#CN/C(=C\N)c1ccc(-c2ccc(-c3cnc(C4CCCN4C(=O)[C@@H](NC(=O)OC)C(C)C)[nH]3)cc2)cc1.COC(=O)NC(C(=O)N1CCCC1)C(C)C. The van der Waals surface area contributed by atoms with E-state index in [1.807, 2.05) is 64.1 Å². The van der Waals surface area contributed by atoms with Gasteiger partial charge in [0.1, 0.15) is 17.9 Å². The van der Waals surface area contributed by atoms with Crippen molar-refractivity contribution in [1.82, 2.24) is 35.7 Å². The number of benzene rings is 2. The number of nitrogens with zero attached hydrogens (tertiary/aromatic N) is 3. The summed E-state index contributed by atoms with van der Waals surface area (Å²) in [5.41, 5.74) is 11.2. The van der Waals surface area contributed by atoms with E-state index in [0.717, 1.165) is 72.5 Å². The number of imidazole rings is 1. The third kappa shape index (κ3) is 10.8. The zero-order valence-corrected chi connectivity index (χ0v) is 32.6. The highest BCUT2D eigenvalue weighted by Gasteiger charge is 2.37. The molecule has 5 rings (SSSR count). The predicted octanol–water partition coefficient (Wildman–Crippen LogP) is 5.21. The summed E-state index contributed by atoms with van der Waals surface area (Å²) in [7, 11) is 2.59. The monoisotopic (exact) mass is 754 g/mol. The van der Waals surface area contributed by atoms with Crippen molar-refractivity contribution in [2.45, 2.75) is 71.5 Å². The molecule has 3 atom stereocenters. The van der Waals surface area contributed by atoms with Crippen molar-refractivity contribution in [2.24, 2.45) is 17.6 Å². The van der Waals surface area contributed by atoms with Crippen molar-refractivity contribution in [3.05, 3.63) is 72.3 Å². The van der Waals surface area contributed by atoms with Gasteiger partial charge in [0.2, 0.25) is 11.8 Å². The Labute approximate surface area is 323 Å². The number of ether oxygens (including phenoxy) is 2. The first kappa shape index (κ1) is 41.8. The summed E-state index contributed by atoms with van der Waals surface area (Å²) in [6.45, 7) is 9.83. The van der Waals surface area contributed by atoms with Gasteiger partial charge in [0.05, 0.1) is 37.8 Å². The lowest BCUT2D eigenvalue weighted by Crippen LogP contribution is -2.51. The maximum absolute atomic E-state index is 13.4. The van der Waals surface area contributed by atoms with Crippen LogP contribution in [0, 0.1) is 24.3 Å². The van der Waals surface area contributed by atoms with Gasteiger partial charge < -0.3 is 45.9 Å². The highest BCUT2D eigenvalue weighted by Crippen LogP contribution is 2.33. The fourth-order valence-electron chi connectivity index (χ4n) is 6.65. The number of carbonyl (C=O) groups excluding carboxylic acids is 4. The van der Waals surface area contributed by atoms with Crippen LogP contribution in [0.1, 0.15) is 70.8 Å². The first-order valence-corrected chi connectivity index (χ1v) is 18.6. The molecule has 4 amide bonds. The third-order valence-electron chi connectivity index (χ3n) is 9.75. The van der Waals surface area contributed by atoms with Gasteiger partial charge in [0.25, 0.3) is 0 Å². The van der Waals surface area contributed by atoms with Gasteiger partial charge in [-0.05, 0) is 54.2 Å². The van der Waals surface area contributed by atoms with E-state index in [1.54, 1.807) is 16.0 Å². The molecule has 2 aliphatic rings. The molecule has 14 nitrogen and oxygen atoms in total. The van der Waals surface area contributed by atoms with Gasteiger partial charge in [-0.3, -0.25) is 9.59 Å². The number of nitrogens with one attached hydrogen (secondary N) is 4. The van der Waals surface area contributed by atoms with E-state index < -0.39 is 24.3 Å². The number of hydrogen-bond donors (Lipinski definition) is 5. The molecule has 2 aromatic carbocycles. The predicted molar refractivity (Wildman–Crippen MR) is 211 cm³/mol. The number of rotatable bonds is 11. The number of carbonyl (C=O) groups is 4. The van der Waals surface area contributed by atoms with Gasteiger partial charge >= 0.3 is 12.2 Å². The minimum Gasteiger partial charge on any atom is -0.453 e. The Kier molecular flexibility index (Phi) is 15.1. The average molecular weight is 755 g/mol. The molecule has 2 fully saturated rings. The Bertz CT molecular complexity index is 1820. The minimum absolute atomic E-state index is 0.00194. The van der Waals surface area contributed by atoms with Gasteiger partial charge in [0.15, 0.2) is 0 Å². The summed E-state index contributed by atoms with van der Waals surface area (Å²) in [5.74, 6) is 0.583. The topological polar surface area (TPSA) is 184 Å². The zero-order chi connectivity index (χ0) is 40.1. The first-order valence-electron chi connectivity index (χ1n) is 18.6. The van der Waals surface area contributed by atoms with Gasteiger partial charge in [0, 0.05) is 37.4 Å². The van der Waals surface area contributed by atoms with Crippen molar-refractivity contribution in [2.75, 3.05) is 33.9 Å². The molecule has 0 aliphatic carbocycles. The molecule has 0 spiro atoms. The lowest BCUT2D eigenvalue weighted by atomic mass is 10.0. The van der Waals surface area contributed by atoms with Gasteiger partial charge in [-0.25, -0.2) is 14.6 Å². The quantitative estimate of drug-likeness (QED) is 0.130. The molecule has 2 aliphatic heterocycles. The van der Waals surface area contributed by atoms with Gasteiger partial charge in [-0.15, -0.1) is 0 Å². The highest BCUT2D eigenvalue weighted by molar-refractivity contribution is 5.87. The molecular weight excluding hydrogens is 701 g/mol. The fraction of sp³-hybridized carbons (Fsp3) is 0.439. The van der Waals surface area contributed by atoms with Crippen molar-refractivity contribution in [3.8, 4) is 34.9 Å². The first-order chi connectivity index (χ1) is 26.4. The summed E-state index contributed by atoms with van der Waals surface area (Å²) in [6, 6.07) is 17.2. The lowest BCUT2D eigenvalue weighted by Gasteiger charge is -2.30. The van der Waals surface area contributed by atoms with Gasteiger partial charge in [-0.2, -0.15) is 0 Å². The smallest absolute Gasteiger partial charge is 0.407 e. The molecular formula is C41H54N8O6. The fourth-order valence-corrected chi connectivity index (χ4v) is 6.65. The number of terminal acetylenes is 1. The summed E-state index contributed by atoms with van der Waals surface area (Å²) < 4.78 is 9.24. The molecule has 294 valence electrons. The van der Waals surface area contributed by atoms with E-state index in [4.69, 9.17) is 16.9 Å². The van der Waals surface area contributed by atoms with E-state index >= 15 is 0 Å². The second kappa shape index (κ2) is 19.9. The number of methoxy groups -OCH3 is 2. The number of aromatic amines is 1. The number of aromatic nitrogens is 2. The molecule has 2 unspecified atom stereocenters. The van der Waals surface area contributed by atoms with Crippen LogP contribution in [0.3, 0.4) is 0 Å². The number of likely N-dealkylation sites (tertiary alicyclic amines) is 2. The number of nitrogens with two attached hydrogens (primary N) is 1. The number of amides is 4. The van der Waals surface area contributed by atoms with E-state index in [1.165, 1.54) is 20.4 Å². The van der Waals surface area contributed by atoms with E-state index in [9.17, 15) is 19.2 Å². The van der Waals surface area contributed by atoms with Crippen molar-refractivity contribution >= 4 is 29.7 Å². The molecule has 6 N–H and O–H groups in total. The third-order valence-corrected chi connectivity index (χ3v) is 9.75. The van der Waals surface area contributed by atoms with E-state index in [-0.39, 0.29) is 29.7 Å². The van der Waals surface area contributed by atoms with Crippen LogP contribution < -0.4 is 21.7 Å². The van der Waals surface area contributed by atoms with Crippen LogP contribution in [0.2, 0.25) is 0 Å². The molecule has 3 heterocycles. The summed E-state index contributed by atoms with van der Waals surface area (Å²) in [5, 5.41) is 8.07. The lowest BCUT2D eigenvalue weighted by molar-refractivity contribution is -0.135. The average Bonchev–Trinajstić information content (AvgIpc) is 4.01. The summed E-state index contributed by atoms with van der Waals surface area (Å²) in [4.78, 5) is 60.1. The highest BCUT2D eigenvalue weighted by atomic mass is 16.5. The second-order valence-electron chi connectivity index (χ2n) is 14.1. The van der Waals surface area contributed by atoms with Crippen LogP contribution in [0.4, 0.5) is 9.59 Å². The number of hydrogen-bond acceptors (Lipinski definition) is 9. The molecule has 0 saturated carbocycles. The minimum atomic E-state index is -0.666. The number of alkyl carbamates (subject to hydrolysis) is 2. The van der Waals surface area contributed by atoms with Crippen LogP contribution in [0.5, 0.6) is 0 Å². The zero-order valence-electron chi connectivity index (χ0n) is 32.6. The summed E-state index contributed by atoms with van der Waals surface area (Å²) in [6.07, 6.45) is 11.2. The van der Waals surface area contributed by atoms with Crippen LogP contribution >= 0.6 is 0 Å². The maximum atomic E-state index is 13.4. The number of H-pyrrole nitrogens is 1. The van der Waals surface area contributed by atoms with Crippen molar-refractivity contribution in [3.63, 3.8) is 0 Å². The second-order valence-corrected chi connectivity index (χ2v) is 14.1. The van der Waals surface area contributed by atoms with E-state index in [2.05, 4.69) is 48.8 Å². The maximum Gasteiger partial charge on any atom is 0.407 e. The Balaban J connectivity index is 0.000000352. The molecule has 2 saturated heterocycles. The normalized spacial score (nSPS) is 16.4. The largest absolute Gasteiger partial charge is 0.453 e. The Morgan fingerprint density at radius 1 is 0.836 bits per heavy atom. The molecule has 3 aromatic rings. The van der Waals surface area contributed by atoms with Crippen LogP contribution in [0.25, 0.3) is 28.1 Å². The summed E-state index contributed by atoms with van der Waals surface area (Å²) >= 11 is 0. The molecule has 0 radical (unpaired) electrons. The standard InChI is InChI=1S/C30H34N6O3.C11H20N2O3/c1-5-32-24(17-31)22-12-8-20(9-13-22)21-10-14-23(15-11-21)25-18-33-28(34-25)26-7-6-16-36(26)29(37)27(19(2)3)35-30(38)39-4;1-8(2)9(12-11(15)16-3)10(14)13-6-4-5-7-13/h1,8-15,17-19,26-27,32H,6-7,16,31H2,2-4H3,(H,33,34)(H,35,38);8-9H,4-7H2,1-3H3,(H,12,15)/b24-17-;/t26?,27-;/m0./s1.